The number of primary amides is 1. The van der Waals surface area contributed by atoms with E-state index in [0.717, 1.165) is 25.1 Å². The number of ether oxygens (including phenoxy) is 1. The van der Waals surface area contributed by atoms with Gasteiger partial charge in [0, 0.05) is 24.1 Å². The predicted molar refractivity (Wildman–Crippen MR) is 121 cm³/mol. The first-order valence-electron chi connectivity index (χ1n) is 10.9. The third-order valence-corrected chi connectivity index (χ3v) is 7.03. The van der Waals surface area contributed by atoms with Crippen LogP contribution < -0.4 is 27.0 Å². The van der Waals surface area contributed by atoms with Gasteiger partial charge in [-0.25, -0.2) is 4.79 Å². The van der Waals surface area contributed by atoms with Gasteiger partial charge in [-0.3, -0.25) is 14.2 Å². The average molecular weight is 434 g/mol. The SMILES string of the molecule is COc1cccc2c1CC[C@H]1CNC(CCn3c(=O)[nH]c4cc(C(N)=O)ccc4c3=O)[C@@H]21. The summed E-state index contributed by atoms with van der Waals surface area (Å²) in [4.78, 5) is 39.8. The molecule has 1 saturated heterocycles. The van der Waals surface area contributed by atoms with E-state index in [9.17, 15) is 14.4 Å². The number of amides is 1. The van der Waals surface area contributed by atoms with Crippen LogP contribution in [0.5, 0.6) is 5.75 Å². The Morgan fingerprint density at radius 1 is 1.25 bits per heavy atom. The molecule has 1 aromatic heterocycles. The lowest BCUT2D eigenvalue weighted by molar-refractivity contribution is 0.100. The van der Waals surface area contributed by atoms with Crippen molar-refractivity contribution in [3.63, 3.8) is 0 Å². The Morgan fingerprint density at radius 3 is 2.88 bits per heavy atom. The molecule has 32 heavy (non-hydrogen) atoms. The second-order valence-electron chi connectivity index (χ2n) is 8.67. The van der Waals surface area contributed by atoms with E-state index in [4.69, 9.17) is 10.5 Å². The van der Waals surface area contributed by atoms with Crippen LogP contribution in [0.1, 0.15) is 40.2 Å². The number of carbonyl (C=O) groups is 1. The van der Waals surface area contributed by atoms with Crippen LogP contribution in [0.15, 0.2) is 46.0 Å². The summed E-state index contributed by atoms with van der Waals surface area (Å²) in [5.74, 6) is 1.20. The van der Waals surface area contributed by atoms with Crippen molar-refractivity contribution in [1.82, 2.24) is 14.9 Å². The zero-order valence-corrected chi connectivity index (χ0v) is 17.9. The van der Waals surface area contributed by atoms with Crippen LogP contribution in [-0.2, 0) is 13.0 Å². The summed E-state index contributed by atoms with van der Waals surface area (Å²) in [5, 5.41) is 3.98. The molecule has 0 bridgehead atoms. The van der Waals surface area contributed by atoms with Gasteiger partial charge in [-0.1, -0.05) is 12.1 Å². The van der Waals surface area contributed by atoms with E-state index in [1.807, 2.05) is 12.1 Å². The number of aromatic nitrogens is 2. The van der Waals surface area contributed by atoms with E-state index in [-0.39, 0.29) is 17.2 Å². The molecule has 2 aromatic carbocycles. The smallest absolute Gasteiger partial charge is 0.328 e. The van der Waals surface area contributed by atoms with Crippen molar-refractivity contribution in [2.24, 2.45) is 11.7 Å². The van der Waals surface area contributed by atoms with Gasteiger partial charge in [-0.05, 0) is 67.1 Å². The number of fused-ring (bicyclic) bond motifs is 4. The Bertz CT molecular complexity index is 1330. The minimum atomic E-state index is -0.608. The van der Waals surface area contributed by atoms with Gasteiger partial charge in [0.15, 0.2) is 0 Å². The number of carbonyl (C=O) groups excluding carboxylic acids is 1. The van der Waals surface area contributed by atoms with E-state index < -0.39 is 11.6 Å². The second-order valence-corrected chi connectivity index (χ2v) is 8.67. The van der Waals surface area contributed by atoms with E-state index in [1.54, 1.807) is 7.11 Å². The highest BCUT2D eigenvalue weighted by atomic mass is 16.5. The molecule has 2 heterocycles. The molecule has 1 unspecified atom stereocenters. The topological polar surface area (TPSA) is 119 Å². The van der Waals surface area contributed by atoms with Crippen molar-refractivity contribution in [2.45, 2.75) is 37.8 Å². The highest BCUT2D eigenvalue weighted by molar-refractivity contribution is 5.96. The third-order valence-electron chi connectivity index (χ3n) is 7.03. The number of H-pyrrole nitrogens is 1. The summed E-state index contributed by atoms with van der Waals surface area (Å²) in [6, 6.07) is 10.9. The maximum absolute atomic E-state index is 13.0. The number of methoxy groups -OCH3 is 1. The number of nitrogens with one attached hydrogen (secondary N) is 2. The largest absolute Gasteiger partial charge is 0.496 e. The van der Waals surface area contributed by atoms with E-state index >= 15 is 0 Å². The fourth-order valence-corrected chi connectivity index (χ4v) is 5.48. The Balaban J connectivity index is 1.43. The molecular weight excluding hydrogens is 408 g/mol. The Kier molecular flexibility index (Phi) is 5.09. The summed E-state index contributed by atoms with van der Waals surface area (Å²) >= 11 is 0. The maximum Gasteiger partial charge on any atom is 0.328 e. The van der Waals surface area contributed by atoms with Gasteiger partial charge in [-0.15, -0.1) is 0 Å². The fourth-order valence-electron chi connectivity index (χ4n) is 5.48. The molecule has 1 aliphatic carbocycles. The molecule has 166 valence electrons. The Morgan fingerprint density at radius 2 is 2.09 bits per heavy atom. The lowest BCUT2D eigenvalue weighted by atomic mass is 9.73. The number of nitrogens with two attached hydrogens (primary N) is 1. The molecule has 3 aromatic rings. The van der Waals surface area contributed by atoms with Gasteiger partial charge < -0.3 is 20.8 Å². The van der Waals surface area contributed by atoms with Gasteiger partial charge >= 0.3 is 5.69 Å². The van der Waals surface area contributed by atoms with Gasteiger partial charge in [0.25, 0.3) is 5.56 Å². The van der Waals surface area contributed by atoms with Gasteiger partial charge in [-0.2, -0.15) is 0 Å². The minimum Gasteiger partial charge on any atom is -0.496 e. The quantitative estimate of drug-likeness (QED) is 0.562. The molecule has 5 rings (SSSR count). The lowest BCUT2D eigenvalue weighted by Crippen LogP contribution is -2.38. The highest BCUT2D eigenvalue weighted by Gasteiger charge is 2.40. The highest BCUT2D eigenvalue weighted by Crippen LogP contribution is 2.45. The Hall–Kier alpha value is -3.39. The average Bonchev–Trinajstić information content (AvgIpc) is 3.21. The van der Waals surface area contributed by atoms with Crippen molar-refractivity contribution >= 4 is 16.8 Å². The minimum absolute atomic E-state index is 0.172. The van der Waals surface area contributed by atoms with Crippen molar-refractivity contribution in [1.29, 1.82) is 0 Å². The monoisotopic (exact) mass is 434 g/mol. The van der Waals surface area contributed by atoms with Crippen molar-refractivity contribution in [3.05, 3.63) is 73.9 Å². The summed E-state index contributed by atoms with van der Waals surface area (Å²) in [6.07, 6.45) is 2.76. The van der Waals surface area contributed by atoms with E-state index in [1.165, 1.54) is 33.9 Å². The molecule has 1 amide bonds. The summed E-state index contributed by atoms with van der Waals surface area (Å²) < 4.78 is 6.83. The molecule has 3 atom stereocenters. The summed E-state index contributed by atoms with van der Waals surface area (Å²) in [5.41, 5.74) is 7.62. The molecule has 8 nitrogen and oxygen atoms in total. The standard InChI is InChI=1S/C24H26N4O4/c1-32-20-4-2-3-16-15(20)7-6-14-12-26-18(21(14)16)9-10-28-23(30)17-8-5-13(22(25)29)11-19(17)27-24(28)31/h2-5,8,11,14,18,21,26H,6-7,9-10,12H2,1H3,(H2,25,29)(H,27,31)/t14-,18?,21+/m0/s1. The molecule has 0 radical (unpaired) electrons. The van der Waals surface area contributed by atoms with Crippen LogP contribution in [-0.4, -0.2) is 35.2 Å². The lowest BCUT2D eigenvalue weighted by Gasteiger charge is -2.32. The third kappa shape index (κ3) is 3.31. The first-order valence-corrected chi connectivity index (χ1v) is 10.9. The Labute approximate surface area is 184 Å². The van der Waals surface area contributed by atoms with Gasteiger partial charge in [0.2, 0.25) is 5.91 Å². The summed E-state index contributed by atoms with van der Waals surface area (Å²) in [7, 11) is 1.71. The van der Waals surface area contributed by atoms with Crippen molar-refractivity contribution in [2.75, 3.05) is 13.7 Å². The van der Waals surface area contributed by atoms with E-state index in [0.29, 0.717) is 35.7 Å². The molecule has 8 heteroatoms. The van der Waals surface area contributed by atoms with Gasteiger partial charge in [0.1, 0.15) is 5.75 Å². The number of rotatable bonds is 5. The van der Waals surface area contributed by atoms with Crippen LogP contribution in [0.3, 0.4) is 0 Å². The molecule has 0 saturated carbocycles. The first-order chi connectivity index (χ1) is 15.5. The van der Waals surface area contributed by atoms with Crippen molar-refractivity contribution < 1.29 is 9.53 Å². The molecule has 0 spiro atoms. The number of hydrogen-bond donors (Lipinski definition) is 3. The van der Waals surface area contributed by atoms with Crippen LogP contribution in [0, 0.1) is 5.92 Å². The molecule has 4 N–H and O–H groups in total. The normalized spacial score (nSPS) is 21.8. The maximum atomic E-state index is 13.0. The first kappa shape index (κ1) is 20.5. The predicted octanol–water partition coefficient (Wildman–Crippen LogP) is 1.51. The zero-order valence-electron chi connectivity index (χ0n) is 17.9. The van der Waals surface area contributed by atoms with Crippen molar-refractivity contribution in [3.8, 4) is 5.75 Å². The van der Waals surface area contributed by atoms with Crippen LogP contribution >= 0.6 is 0 Å². The van der Waals surface area contributed by atoms with Gasteiger partial charge in [0.05, 0.1) is 18.0 Å². The number of hydrogen-bond acceptors (Lipinski definition) is 5. The summed E-state index contributed by atoms with van der Waals surface area (Å²) in [6.45, 7) is 1.24. The van der Waals surface area contributed by atoms with Crippen LogP contribution in [0.25, 0.3) is 10.9 Å². The fraction of sp³-hybridized carbons (Fsp3) is 0.375. The number of aromatic amines is 1. The second kappa shape index (κ2) is 7.94. The number of benzene rings is 2. The number of nitrogens with zero attached hydrogens (tertiary/aromatic N) is 1. The van der Waals surface area contributed by atoms with E-state index in [2.05, 4.69) is 16.4 Å². The van der Waals surface area contributed by atoms with Crippen LogP contribution in [0.4, 0.5) is 0 Å². The van der Waals surface area contributed by atoms with Crippen LogP contribution in [0.2, 0.25) is 0 Å². The zero-order chi connectivity index (χ0) is 22.4. The molecule has 1 aliphatic heterocycles. The molecule has 1 fully saturated rings. The molecule has 2 aliphatic rings. The molecular formula is C24H26N4O4.